The molecule has 0 aromatic rings. The van der Waals surface area contributed by atoms with Crippen LogP contribution in [0.5, 0.6) is 0 Å². The average molecular weight is 276 g/mol. The lowest BCUT2D eigenvalue weighted by atomic mass is 9.81. The van der Waals surface area contributed by atoms with Gasteiger partial charge in [-0.3, -0.25) is 14.5 Å². The van der Waals surface area contributed by atoms with E-state index >= 15 is 0 Å². The van der Waals surface area contributed by atoms with Crippen molar-refractivity contribution >= 4 is 11.8 Å². The minimum Gasteiger partial charge on any atom is -0.330 e. The van der Waals surface area contributed by atoms with Gasteiger partial charge in [-0.25, -0.2) is 0 Å². The predicted octanol–water partition coefficient (Wildman–Crippen LogP) is 2.36. The van der Waals surface area contributed by atoms with Crippen LogP contribution in [0.1, 0.15) is 45.4 Å². The van der Waals surface area contributed by atoms with E-state index in [1.54, 1.807) is 0 Å². The number of hydrogen-bond acceptors (Lipinski definition) is 3. The predicted molar refractivity (Wildman–Crippen MR) is 78.5 cm³/mol. The second-order valence-corrected chi connectivity index (χ2v) is 5.75. The van der Waals surface area contributed by atoms with E-state index in [0.717, 1.165) is 44.2 Å². The van der Waals surface area contributed by atoms with Crippen LogP contribution in [0.3, 0.4) is 0 Å². The molecule has 0 aromatic heterocycles. The number of amides is 2. The molecule has 0 unspecified atom stereocenters. The van der Waals surface area contributed by atoms with E-state index < -0.39 is 0 Å². The number of nitrogens with zero attached hydrogens (tertiary/aromatic N) is 1. The third-order valence-electron chi connectivity index (χ3n) is 4.30. The molecule has 0 saturated heterocycles. The molecule has 0 heterocycles. The third-order valence-corrected chi connectivity index (χ3v) is 4.30. The number of hydrogen-bond donors (Lipinski definition) is 1. The quantitative estimate of drug-likeness (QED) is 0.860. The molecule has 1 fully saturated rings. The highest BCUT2D eigenvalue weighted by Crippen LogP contribution is 2.30. The topological polar surface area (TPSA) is 63.4 Å². The summed E-state index contributed by atoms with van der Waals surface area (Å²) in [7, 11) is 0. The maximum atomic E-state index is 12.6. The molecule has 1 saturated carbocycles. The summed E-state index contributed by atoms with van der Waals surface area (Å²) >= 11 is 0. The molecule has 4 heteroatoms. The summed E-state index contributed by atoms with van der Waals surface area (Å²) in [4.78, 5) is 25.9. The van der Waals surface area contributed by atoms with Gasteiger partial charge in [0, 0.05) is 18.5 Å². The van der Waals surface area contributed by atoms with Gasteiger partial charge in [0.05, 0.1) is 0 Å². The van der Waals surface area contributed by atoms with Gasteiger partial charge < -0.3 is 5.73 Å². The molecule has 2 rings (SSSR count). The molecule has 20 heavy (non-hydrogen) atoms. The van der Waals surface area contributed by atoms with Crippen LogP contribution in [0.25, 0.3) is 0 Å². The number of carbonyl (C=O) groups excluding carboxylic acids is 2. The van der Waals surface area contributed by atoms with Crippen molar-refractivity contribution < 1.29 is 9.59 Å². The molecule has 0 bridgehead atoms. The minimum absolute atomic E-state index is 0.0297. The van der Waals surface area contributed by atoms with Crippen LogP contribution in [0.4, 0.5) is 0 Å². The van der Waals surface area contributed by atoms with Crippen molar-refractivity contribution in [3.8, 4) is 0 Å². The maximum absolute atomic E-state index is 12.6. The first-order valence-electron chi connectivity index (χ1n) is 7.54. The molecule has 0 spiro atoms. The van der Waals surface area contributed by atoms with E-state index in [2.05, 4.69) is 0 Å². The van der Waals surface area contributed by atoms with Crippen molar-refractivity contribution in [2.75, 3.05) is 6.54 Å². The molecule has 4 nitrogen and oxygen atoms in total. The molecule has 2 aliphatic carbocycles. The average Bonchev–Trinajstić information content (AvgIpc) is 2.48. The number of rotatable bonds is 3. The standard InChI is InChI=1S/C16H24N2O2/c1-12(19)18(15-5-3-2-4-6-15)16(20)14-9-7-13(11-17)8-10-14/h3,5-6,13-14H,2,4,7-11,17H2,1H3. The summed E-state index contributed by atoms with van der Waals surface area (Å²) in [6, 6.07) is 0. The third kappa shape index (κ3) is 3.37. The van der Waals surface area contributed by atoms with Gasteiger partial charge in [0.1, 0.15) is 0 Å². The summed E-state index contributed by atoms with van der Waals surface area (Å²) in [6.45, 7) is 2.16. The number of allylic oxidation sites excluding steroid dienone is 3. The highest BCUT2D eigenvalue weighted by atomic mass is 16.2. The summed E-state index contributed by atoms with van der Waals surface area (Å²) in [5.41, 5.74) is 6.43. The van der Waals surface area contributed by atoms with E-state index in [0.29, 0.717) is 12.5 Å². The maximum Gasteiger partial charge on any atom is 0.236 e. The first-order chi connectivity index (χ1) is 9.63. The van der Waals surface area contributed by atoms with Gasteiger partial charge in [-0.2, -0.15) is 0 Å². The zero-order valence-corrected chi connectivity index (χ0v) is 12.2. The normalized spacial score (nSPS) is 26.0. The summed E-state index contributed by atoms with van der Waals surface area (Å²) in [5.74, 6) is 0.288. The first kappa shape index (κ1) is 15.0. The van der Waals surface area contributed by atoms with Crippen LogP contribution in [-0.4, -0.2) is 23.3 Å². The SMILES string of the molecule is CC(=O)N(C(=O)C1CCC(CN)CC1)C1=CCCC=C1. The largest absolute Gasteiger partial charge is 0.330 e. The Morgan fingerprint density at radius 1 is 1.25 bits per heavy atom. The summed E-state index contributed by atoms with van der Waals surface area (Å²) in [6.07, 6.45) is 11.4. The van der Waals surface area contributed by atoms with E-state index in [1.807, 2.05) is 18.2 Å². The smallest absolute Gasteiger partial charge is 0.236 e. The zero-order chi connectivity index (χ0) is 14.5. The van der Waals surface area contributed by atoms with Crippen molar-refractivity contribution in [3.05, 3.63) is 23.9 Å². The van der Waals surface area contributed by atoms with Crippen LogP contribution in [0.15, 0.2) is 23.9 Å². The van der Waals surface area contributed by atoms with Crippen molar-refractivity contribution in [1.82, 2.24) is 4.90 Å². The van der Waals surface area contributed by atoms with Gasteiger partial charge >= 0.3 is 0 Å². The Morgan fingerprint density at radius 2 is 1.95 bits per heavy atom. The van der Waals surface area contributed by atoms with Gasteiger partial charge in [-0.1, -0.05) is 12.2 Å². The molecule has 2 N–H and O–H groups in total. The zero-order valence-electron chi connectivity index (χ0n) is 12.2. The molecule has 2 amide bonds. The molecule has 0 radical (unpaired) electrons. The Morgan fingerprint density at radius 3 is 2.45 bits per heavy atom. The fourth-order valence-electron chi connectivity index (χ4n) is 3.06. The van der Waals surface area contributed by atoms with E-state index in [-0.39, 0.29) is 17.7 Å². The van der Waals surface area contributed by atoms with E-state index in [9.17, 15) is 9.59 Å². The Hall–Kier alpha value is -1.42. The molecule has 2 aliphatic rings. The summed E-state index contributed by atoms with van der Waals surface area (Å²) in [5, 5.41) is 0. The number of nitrogens with two attached hydrogens (primary N) is 1. The molecular weight excluding hydrogens is 252 g/mol. The molecule has 110 valence electrons. The molecule has 0 aromatic carbocycles. The van der Waals surface area contributed by atoms with Gasteiger partial charge in [0.15, 0.2) is 0 Å². The highest BCUT2D eigenvalue weighted by molar-refractivity contribution is 5.97. The lowest BCUT2D eigenvalue weighted by molar-refractivity contribution is -0.144. The van der Waals surface area contributed by atoms with Crippen LogP contribution in [0.2, 0.25) is 0 Å². The van der Waals surface area contributed by atoms with Crippen molar-refractivity contribution in [1.29, 1.82) is 0 Å². The summed E-state index contributed by atoms with van der Waals surface area (Å²) < 4.78 is 0. The highest BCUT2D eigenvalue weighted by Gasteiger charge is 2.32. The Bertz CT molecular complexity index is 432. The van der Waals surface area contributed by atoms with Gasteiger partial charge in [0.2, 0.25) is 11.8 Å². The van der Waals surface area contributed by atoms with Gasteiger partial charge in [0.25, 0.3) is 0 Å². The monoisotopic (exact) mass is 276 g/mol. The van der Waals surface area contributed by atoms with Crippen LogP contribution in [0, 0.1) is 11.8 Å². The lowest BCUT2D eigenvalue weighted by Crippen LogP contribution is -2.40. The van der Waals surface area contributed by atoms with E-state index in [4.69, 9.17) is 5.73 Å². The molecular formula is C16H24N2O2. The molecule has 0 aliphatic heterocycles. The van der Waals surface area contributed by atoms with Crippen molar-refractivity contribution in [2.24, 2.45) is 17.6 Å². The Kier molecular flexibility index (Phi) is 5.12. The minimum atomic E-state index is -0.186. The fourth-order valence-corrected chi connectivity index (χ4v) is 3.06. The van der Waals surface area contributed by atoms with Crippen LogP contribution < -0.4 is 5.73 Å². The van der Waals surface area contributed by atoms with Gasteiger partial charge in [-0.15, -0.1) is 0 Å². The Balaban J connectivity index is 2.06. The Labute approximate surface area is 120 Å². The fraction of sp³-hybridized carbons (Fsp3) is 0.625. The molecule has 0 atom stereocenters. The second-order valence-electron chi connectivity index (χ2n) is 5.75. The van der Waals surface area contributed by atoms with Crippen LogP contribution >= 0.6 is 0 Å². The first-order valence-corrected chi connectivity index (χ1v) is 7.54. The van der Waals surface area contributed by atoms with E-state index in [1.165, 1.54) is 11.8 Å². The number of carbonyl (C=O) groups is 2. The van der Waals surface area contributed by atoms with Crippen LogP contribution in [-0.2, 0) is 9.59 Å². The van der Waals surface area contributed by atoms with Gasteiger partial charge in [-0.05, 0) is 57.1 Å². The number of imide groups is 1. The second kappa shape index (κ2) is 6.84. The van der Waals surface area contributed by atoms with Crippen molar-refractivity contribution in [3.63, 3.8) is 0 Å². The lowest BCUT2D eigenvalue weighted by Gasteiger charge is -2.31. The van der Waals surface area contributed by atoms with Crippen molar-refractivity contribution in [2.45, 2.75) is 45.4 Å².